The summed E-state index contributed by atoms with van der Waals surface area (Å²) in [6.07, 6.45) is 0. The molecule has 0 saturated carbocycles. The lowest BCUT2D eigenvalue weighted by atomic mass is 9.99. The average Bonchev–Trinajstić information content (AvgIpc) is 2.50. The van der Waals surface area contributed by atoms with Crippen LogP contribution < -0.4 is 0 Å². The second kappa shape index (κ2) is 6.90. The van der Waals surface area contributed by atoms with Gasteiger partial charge in [0.05, 0.1) is 5.75 Å². The molecule has 1 N–H and O–H groups in total. The Kier molecular flexibility index (Phi) is 5.29. The maximum atomic E-state index is 12.4. The van der Waals surface area contributed by atoms with Crippen LogP contribution in [0.15, 0.2) is 53.6 Å². The first-order valence-electron chi connectivity index (χ1n) is 6.64. The molecule has 2 rings (SSSR count). The Hall–Kier alpha value is -1.93. The summed E-state index contributed by atoms with van der Waals surface area (Å²) in [6, 6.07) is 11.5. The molecule has 4 nitrogen and oxygen atoms in total. The Morgan fingerprint density at radius 3 is 1.88 bits per heavy atom. The Morgan fingerprint density at radius 1 is 1.00 bits per heavy atom. The van der Waals surface area contributed by atoms with Gasteiger partial charge in [-0.2, -0.15) is 18.3 Å². The highest BCUT2D eigenvalue weighted by Crippen LogP contribution is 2.29. The average molecular weight is 377 g/mol. The van der Waals surface area contributed by atoms with E-state index >= 15 is 0 Å². The summed E-state index contributed by atoms with van der Waals surface area (Å²) in [6.45, 7) is 0. The molecule has 128 valence electrons. The summed E-state index contributed by atoms with van der Waals surface area (Å²) in [7, 11) is -5.22. The van der Waals surface area contributed by atoms with E-state index < -0.39 is 27.1 Å². The maximum absolute atomic E-state index is 12.4. The number of nitrogens with zero attached hydrogens (tertiary/aromatic N) is 1. The van der Waals surface area contributed by atoms with Crippen molar-refractivity contribution in [1.29, 1.82) is 5.53 Å². The Bertz CT molecular complexity index is 819. The van der Waals surface area contributed by atoms with E-state index in [0.717, 1.165) is 0 Å². The van der Waals surface area contributed by atoms with Crippen molar-refractivity contribution in [3.63, 3.8) is 0 Å². The third-order valence-corrected chi connectivity index (χ3v) is 4.99. The lowest BCUT2D eigenvalue weighted by molar-refractivity contribution is -0.0437. The van der Waals surface area contributed by atoms with Crippen LogP contribution in [0.2, 0.25) is 5.02 Å². The van der Waals surface area contributed by atoms with Gasteiger partial charge in [-0.1, -0.05) is 48.0 Å². The number of nitrogens with one attached hydrogen (secondary N) is 1. The zero-order valence-corrected chi connectivity index (χ0v) is 13.7. The van der Waals surface area contributed by atoms with E-state index in [1.165, 1.54) is 24.3 Å². The van der Waals surface area contributed by atoms with Crippen molar-refractivity contribution in [3.8, 4) is 0 Å². The topological polar surface area (TPSA) is 70.3 Å². The predicted molar refractivity (Wildman–Crippen MR) is 83.6 cm³/mol. The molecular weight excluding hydrogens is 365 g/mol. The highest BCUT2D eigenvalue weighted by atomic mass is 35.5. The minimum atomic E-state index is -5.28. The van der Waals surface area contributed by atoms with Gasteiger partial charge < -0.3 is 0 Å². The second-order valence-electron chi connectivity index (χ2n) is 5.03. The van der Waals surface area contributed by atoms with Crippen LogP contribution in [0.5, 0.6) is 0 Å². The first kappa shape index (κ1) is 18.4. The molecule has 1 unspecified atom stereocenters. The summed E-state index contributed by atoms with van der Waals surface area (Å²) in [4.78, 5) is 0. The van der Waals surface area contributed by atoms with Gasteiger partial charge in [-0.15, -0.1) is 0 Å². The molecule has 0 heterocycles. The summed E-state index contributed by atoms with van der Waals surface area (Å²) < 4.78 is 59.5. The molecule has 1 atom stereocenters. The van der Waals surface area contributed by atoms with Crippen molar-refractivity contribution in [2.45, 2.75) is 17.3 Å². The number of hydrogen-bond donors (Lipinski definition) is 1. The van der Waals surface area contributed by atoms with Crippen molar-refractivity contribution >= 4 is 21.4 Å². The molecule has 0 fully saturated rings. The number of hydrogen-bond acceptors (Lipinski definition) is 4. The van der Waals surface area contributed by atoms with E-state index in [9.17, 15) is 21.6 Å². The molecule has 9 heteroatoms. The van der Waals surface area contributed by atoms with Gasteiger partial charge in [-0.3, -0.25) is 0 Å². The van der Waals surface area contributed by atoms with Gasteiger partial charge in [0, 0.05) is 5.02 Å². The molecule has 2 aromatic carbocycles. The van der Waals surface area contributed by atoms with Crippen LogP contribution in [0.1, 0.15) is 22.7 Å². The second-order valence-corrected chi connectivity index (χ2v) is 7.45. The lowest BCUT2D eigenvalue weighted by Crippen LogP contribution is -2.24. The smallest absolute Gasteiger partial charge is 0.219 e. The Balaban J connectivity index is 2.25. The van der Waals surface area contributed by atoms with Crippen molar-refractivity contribution in [1.82, 2.24) is 0 Å². The molecule has 0 spiro atoms. The third-order valence-electron chi connectivity index (χ3n) is 3.32. The molecule has 0 aromatic heterocycles. The molecule has 0 amide bonds. The van der Waals surface area contributed by atoms with Crippen LogP contribution in [-0.2, 0) is 15.6 Å². The van der Waals surface area contributed by atoms with Crippen LogP contribution in [0.25, 0.3) is 0 Å². The fourth-order valence-corrected chi connectivity index (χ4v) is 3.00. The molecule has 0 radical (unpaired) electrons. The SMILES string of the molecule is N=NC(c1ccc(Cl)cc1)c1ccc(CS(=O)(=O)C(F)(F)F)cc1. The van der Waals surface area contributed by atoms with E-state index in [1.54, 1.807) is 24.3 Å². The van der Waals surface area contributed by atoms with Crippen LogP contribution in [0.3, 0.4) is 0 Å². The van der Waals surface area contributed by atoms with E-state index in [1.807, 2.05) is 0 Å². The van der Waals surface area contributed by atoms with E-state index in [4.69, 9.17) is 17.1 Å². The maximum Gasteiger partial charge on any atom is 0.497 e. The predicted octanol–water partition coefficient (Wildman–Crippen LogP) is 4.89. The Labute approximate surface area is 141 Å². The minimum absolute atomic E-state index is 0.0101. The van der Waals surface area contributed by atoms with Gasteiger partial charge in [0.2, 0.25) is 0 Å². The third kappa shape index (κ3) is 4.12. The van der Waals surface area contributed by atoms with Gasteiger partial charge in [0.25, 0.3) is 9.84 Å². The van der Waals surface area contributed by atoms with Crippen molar-refractivity contribution < 1.29 is 21.6 Å². The molecule has 24 heavy (non-hydrogen) atoms. The molecule has 2 aromatic rings. The minimum Gasteiger partial charge on any atom is -0.219 e. The lowest BCUT2D eigenvalue weighted by Gasteiger charge is -2.13. The van der Waals surface area contributed by atoms with Gasteiger partial charge in [0.15, 0.2) is 0 Å². The summed E-state index contributed by atoms with van der Waals surface area (Å²) >= 11 is 5.80. The van der Waals surface area contributed by atoms with Crippen molar-refractivity contribution in [3.05, 3.63) is 70.2 Å². The van der Waals surface area contributed by atoms with Gasteiger partial charge in [-0.25, -0.2) is 13.9 Å². The van der Waals surface area contributed by atoms with E-state index in [2.05, 4.69) is 5.11 Å². The van der Waals surface area contributed by atoms with E-state index in [0.29, 0.717) is 16.1 Å². The standard InChI is InChI=1S/C15H12ClF3N2O2S/c16-13-7-5-12(6-8-13)14(21-20)11-3-1-10(2-4-11)9-24(22,23)15(17,18)19/h1-8,14,20H,9H2. The largest absolute Gasteiger partial charge is 0.497 e. The fraction of sp³-hybridized carbons (Fsp3) is 0.200. The first-order valence-corrected chi connectivity index (χ1v) is 8.67. The molecular formula is C15H12ClF3N2O2S. The van der Waals surface area contributed by atoms with Crippen LogP contribution in [-0.4, -0.2) is 13.9 Å². The molecule has 0 aliphatic carbocycles. The van der Waals surface area contributed by atoms with Crippen molar-refractivity contribution in [2.24, 2.45) is 5.11 Å². The zero-order chi connectivity index (χ0) is 18.0. The highest BCUT2D eigenvalue weighted by Gasteiger charge is 2.45. The molecule has 0 aliphatic heterocycles. The number of benzene rings is 2. The summed E-state index contributed by atoms with van der Waals surface area (Å²) in [5.41, 5.74) is 3.28. The number of alkyl halides is 3. The number of rotatable bonds is 5. The van der Waals surface area contributed by atoms with Crippen LogP contribution >= 0.6 is 11.6 Å². The van der Waals surface area contributed by atoms with Gasteiger partial charge in [-0.05, 0) is 28.8 Å². The quantitative estimate of drug-likeness (QED) is 0.754. The number of sulfone groups is 1. The normalized spacial score (nSPS) is 13.5. The van der Waals surface area contributed by atoms with Gasteiger partial charge >= 0.3 is 5.51 Å². The van der Waals surface area contributed by atoms with Crippen LogP contribution in [0, 0.1) is 5.53 Å². The summed E-state index contributed by atoms with van der Waals surface area (Å²) in [5.74, 6) is -1.12. The molecule has 0 bridgehead atoms. The zero-order valence-electron chi connectivity index (χ0n) is 12.1. The summed E-state index contributed by atoms with van der Waals surface area (Å²) in [5, 5.41) is 4.03. The highest BCUT2D eigenvalue weighted by molar-refractivity contribution is 7.91. The van der Waals surface area contributed by atoms with Gasteiger partial charge in [0.1, 0.15) is 6.04 Å². The van der Waals surface area contributed by atoms with Crippen LogP contribution in [0.4, 0.5) is 13.2 Å². The Morgan fingerprint density at radius 2 is 1.46 bits per heavy atom. The number of halogens is 4. The first-order chi connectivity index (χ1) is 11.1. The monoisotopic (exact) mass is 376 g/mol. The van der Waals surface area contributed by atoms with E-state index in [-0.39, 0.29) is 5.56 Å². The molecule has 0 aliphatic rings. The molecule has 0 saturated heterocycles. The fourth-order valence-electron chi connectivity index (χ4n) is 2.08. The van der Waals surface area contributed by atoms with Crippen molar-refractivity contribution in [2.75, 3.05) is 0 Å².